The van der Waals surface area contributed by atoms with Gasteiger partial charge in [0.25, 0.3) is 0 Å². The van der Waals surface area contributed by atoms with Crippen LogP contribution in [-0.4, -0.2) is 59.1 Å². The zero-order chi connectivity index (χ0) is 39.7. The minimum Gasteiger partial charge on any atom is -0.508 e. The Balaban J connectivity index is 1.26. The molecule has 4 aromatic rings. The summed E-state index contributed by atoms with van der Waals surface area (Å²) in [6.07, 6.45) is 6.22. The Morgan fingerprint density at radius 3 is 1.38 bits per heavy atom. The highest BCUT2D eigenvalue weighted by Crippen LogP contribution is 2.65. The molecule has 0 amide bonds. The highest BCUT2D eigenvalue weighted by atomic mass is 16.4. The third-order valence-electron chi connectivity index (χ3n) is 10.4. The van der Waals surface area contributed by atoms with Crippen LogP contribution in [0.25, 0.3) is 18.2 Å². The Labute approximate surface area is 315 Å². The number of carboxylic acids is 3. The number of benzene rings is 3. The van der Waals surface area contributed by atoms with E-state index in [-0.39, 0.29) is 45.9 Å². The number of nitrogens with zero attached hydrogens (tertiary/aromatic N) is 3. The molecule has 2 saturated carbocycles. The highest BCUT2D eigenvalue weighted by Gasteiger charge is 2.63. The Hall–Kier alpha value is -7.09. The summed E-state index contributed by atoms with van der Waals surface area (Å²) in [7, 11) is 0. The van der Waals surface area contributed by atoms with E-state index in [1.54, 1.807) is 36.4 Å². The van der Waals surface area contributed by atoms with Gasteiger partial charge in [0.05, 0.1) is 0 Å². The van der Waals surface area contributed by atoms with Gasteiger partial charge in [-0.3, -0.25) is 4.79 Å². The lowest BCUT2D eigenvalue weighted by Gasteiger charge is -2.31. The van der Waals surface area contributed by atoms with Gasteiger partial charge in [0.2, 0.25) is 17.8 Å². The van der Waals surface area contributed by atoms with Gasteiger partial charge in [-0.2, -0.15) is 15.0 Å². The molecule has 14 heteroatoms. The number of carbonyl (C=O) groups excluding carboxylic acids is 1. The fourth-order valence-corrected chi connectivity index (χ4v) is 7.01. The van der Waals surface area contributed by atoms with Gasteiger partial charge in [0.1, 0.15) is 16.9 Å². The second kappa shape index (κ2) is 14.7. The molecule has 2 atom stereocenters. The van der Waals surface area contributed by atoms with E-state index >= 15 is 0 Å². The lowest BCUT2D eigenvalue weighted by Crippen LogP contribution is -2.32. The van der Waals surface area contributed by atoms with Crippen molar-refractivity contribution >= 4 is 76.8 Å². The number of aliphatic carboxylic acids is 3. The summed E-state index contributed by atoms with van der Waals surface area (Å²) in [4.78, 5) is 60.9. The Kier molecular flexibility index (Phi) is 10.1. The van der Waals surface area contributed by atoms with Crippen LogP contribution in [0.15, 0.2) is 102 Å². The van der Waals surface area contributed by atoms with Crippen molar-refractivity contribution in [3.63, 3.8) is 0 Å². The van der Waals surface area contributed by atoms with Gasteiger partial charge in [0.15, 0.2) is 5.78 Å². The van der Waals surface area contributed by atoms with E-state index < -0.39 is 29.2 Å². The molecule has 0 aliphatic heterocycles. The van der Waals surface area contributed by atoms with Crippen LogP contribution < -0.4 is 16.0 Å². The van der Waals surface area contributed by atoms with Crippen LogP contribution in [0, 0.1) is 16.7 Å². The number of aliphatic hydroxyl groups is 1. The zero-order valence-electron chi connectivity index (χ0n) is 30.1. The molecule has 2 aliphatic carbocycles. The molecular formula is C41H38N6O8. The van der Waals surface area contributed by atoms with E-state index in [0.29, 0.717) is 28.2 Å². The summed E-state index contributed by atoms with van der Waals surface area (Å²) in [6.45, 7) is 9.74. The third kappa shape index (κ3) is 7.83. The van der Waals surface area contributed by atoms with Crippen LogP contribution in [0.5, 0.6) is 0 Å². The monoisotopic (exact) mass is 742 g/mol. The number of fused-ring (bicyclic) bond motifs is 2. The summed E-state index contributed by atoms with van der Waals surface area (Å²) in [5, 5.41) is 46.7. The second-order valence-corrected chi connectivity index (χ2v) is 14.1. The molecule has 14 nitrogen and oxygen atoms in total. The van der Waals surface area contributed by atoms with E-state index in [1.165, 1.54) is 18.2 Å². The lowest BCUT2D eigenvalue weighted by atomic mass is 9.70. The maximum absolute atomic E-state index is 13.4. The number of aliphatic hydroxyl groups excluding tert-OH is 1. The third-order valence-corrected chi connectivity index (χ3v) is 10.4. The lowest BCUT2D eigenvalue weighted by molar-refractivity contribution is -0.140. The SMILES string of the molecule is C=C(O)/C(=C/c1ccc(Nc2nc(Nc3ccc(C=C(C(=O)O)C(=O)O)cc3)nc(Nc3ccc(/C=C4/C(=O)C5(C)CCC4C5(C)C)cc3)n2)cc1)C(=O)O. The summed E-state index contributed by atoms with van der Waals surface area (Å²) in [5.41, 5.74) is 2.78. The smallest absolute Gasteiger partial charge is 0.343 e. The van der Waals surface area contributed by atoms with Crippen molar-refractivity contribution in [2.24, 2.45) is 16.7 Å². The molecule has 2 bridgehead atoms. The van der Waals surface area contributed by atoms with E-state index in [2.05, 4.69) is 58.3 Å². The normalized spacial score (nSPS) is 19.1. The van der Waals surface area contributed by atoms with Gasteiger partial charge in [0, 0.05) is 22.5 Å². The molecule has 2 aliphatic rings. The number of hydrogen-bond donors (Lipinski definition) is 7. The number of anilines is 6. The first-order valence-electron chi connectivity index (χ1n) is 17.2. The second-order valence-electron chi connectivity index (χ2n) is 14.1. The molecule has 0 radical (unpaired) electrons. The van der Waals surface area contributed by atoms with Crippen molar-refractivity contribution in [2.75, 3.05) is 16.0 Å². The number of Topliss-reactive ketones (excluding diaryl/α,β-unsaturated/α-hetero) is 1. The number of nitrogens with one attached hydrogen (secondary N) is 3. The molecule has 0 spiro atoms. The minimum absolute atomic E-state index is 0.0879. The van der Waals surface area contributed by atoms with Crippen LogP contribution in [0.2, 0.25) is 0 Å². The number of ketones is 1. The quantitative estimate of drug-likeness (QED) is 0.0230. The number of hydrogen-bond acceptors (Lipinski definition) is 11. The zero-order valence-corrected chi connectivity index (χ0v) is 30.1. The van der Waals surface area contributed by atoms with Crippen molar-refractivity contribution < 1.29 is 39.6 Å². The standard InChI is InChI=1S/C41H38N6O8/c1-22(48)29(34(50)51)19-23-5-11-26(12-6-23)42-37-45-38(47-39(46-37)44-28-15-9-25(10-16-28)21-31(35(52)53)36(54)55)43-27-13-7-24(8-14-27)20-30-32-17-18-41(4,33(30)49)40(32,2)3/h5-16,19-21,32,48H,1,17-18H2,2-4H3,(H,50,51)(H,52,53)(H,54,55)(H3,42,43,44,45,46,47)/b29-19-,30-20+. The predicted octanol–water partition coefficient (Wildman–Crippen LogP) is 7.60. The molecule has 6 rings (SSSR count). The molecule has 0 saturated heterocycles. The highest BCUT2D eigenvalue weighted by molar-refractivity contribution is 6.16. The molecule has 2 unspecified atom stereocenters. The van der Waals surface area contributed by atoms with Gasteiger partial charge in [-0.1, -0.05) is 63.7 Å². The van der Waals surface area contributed by atoms with Crippen molar-refractivity contribution in [2.45, 2.75) is 33.6 Å². The summed E-state index contributed by atoms with van der Waals surface area (Å²) in [5.74, 6) is -4.14. The fraction of sp³-hybridized carbons (Fsp3) is 0.195. The largest absolute Gasteiger partial charge is 0.508 e. The number of rotatable bonds is 13. The van der Waals surface area contributed by atoms with Crippen LogP contribution in [0.3, 0.4) is 0 Å². The summed E-state index contributed by atoms with van der Waals surface area (Å²) >= 11 is 0. The fourth-order valence-electron chi connectivity index (χ4n) is 7.01. The summed E-state index contributed by atoms with van der Waals surface area (Å²) < 4.78 is 0. The van der Waals surface area contributed by atoms with E-state index in [9.17, 15) is 39.6 Å². The van der Waals surface area contributed by atoms with Crippen LogP contribution in [0.4, 0.5) is 34.9 Å². The van der Waals surface area contributed by atoms with E-state index in [0.717, 1.165) is 30.1 Å². The predicted molar refractivity (Wildman–Crippen MR) is 207 cm³/mol. The first-order valence-corrected chi connectivity index (χ1v) is 17.2. The van der Waals surface area contributed by atoms with E-state index in [1.807, 2.05) is 30.3 Å². The van der Waals surface area contributed by atoms with Gasteiger partial charge in [-0.15, -0.1) is 0 Å². The van der Waals surface area contributed by atoms with Crippen LogP contribution in [-0.2, 0) is 19.2 Å². The van der Waals surface area contributed by atoms with Crippen molar-refractivity contribution in [1.82, 2.24) is 15.0 Å². The van der Waals surface area contributed by atoms with Crippen LogP contribution in [0.1, 0.15) is 50.3 Å². The van der Waals surface area contributed by atoms with Gasteiger partial charge >= 0.3 is 17.9 Å². The molecule has 7 N–H and O–H groups in total. The first-order chi connectivity index (χ1) is 26.0. The Morgan fingerprint density at radius 2 is 1.04 bits per heavy atom. The number of aromatic nitrogens is 3. The minimum atomic E-state index is -1.56. The molecule has 2 fully saturated rings. The molecule has 55 heavy (non-hydrogen) atoms. The summed E-state index contributed by atoms with van der Waals surface area (Å²) in [6, 6.07) is 20.4. The average molecular weight is 743 g/mol. The van der Waals surface area contributed by atoms with Gasteiger partial charge in [-0.25, -0.2) is 14.4 Å². The van der Waals surface area contributed by atoms with E-state index in [4.69, 9.17) is 0 Å². The van der Waals surface area contributed by atoms with Gasteiger partial charge < -0.3 is 36.4 Å². The topological polar surface area (TPSA) is 224 Å². The molecule has 1 heterocycles. The molecule has 3 aromatic carbocycles. The average Bonchev–Trinajstić information content (AvgIpc) is 3.44. The van der Waals surface area contributed by atoms with Crippen LogP contribution >= 0.6 is 0 Å². The van der Waals surface area contributed by atoms with Crippen molar-refractivity contribution in [3.8, 4) is 0 Å². The first kappa shape index (κ1) is 37.7. The Morgan fingerprint density at radius 1 is 0.655 bits per heavy atom. The molecule has 280 valence electrons. The van der Waals surface area contributed by atoms with Crippen molar-refractivity contribution in [3.05, 3.63) is 119 Å². The number of allylic oxidation sites excluding steroid dienone is 1. The van der Waals surface area contributed by atoms with Gasteiger partial charge in [-0.05, 0) is 101 Å². The number of carboxylic acid groups (broad SMARTS) is 3. The maximum Gasteiger partial charge on any atom is 0.343 e. The number of carbonyl (C=O) groups is 4. The maximum atomic E-state index is 13.4. The Bertz CT molecular complexity index is 2170. The van der Waals surface area contributed by atoms with Crippen molar-refractivity contribution in [1.29, 1.82) is 0 Å². The molecule has 1 aromatic heterocycles. The molecular weight excluding hydrogens is 704 g/mol.